The second kappa shape index (κ2) is 12.9. The number of hydrogen-bond donors (Lipinski definition) is 2. The zero-order valence-corrected chi connectivity index (χ0v) is 19.4. The number of halogens is 1. The van der Waals surface area contributed by atoms with Crippen LogP contribution in [-0.2, 0) is 20.9 Å². The molecule has 0 bridgehead atoms. The Morgan fingerprint density at radius 2 is 1.91 bits per heavy atom. The number of hydroxylamine groups is 1. The first-order valence-electron chi connectivity index (χ1n) is 12.0. The minimum Gasteiger partial charge on any atom is -0.392 e. The molecule has 9 heteroatoms. The maximum Gasteiger partial charge on any atom is 0.225 e. The minimum absolute atomic E-state index is 0.0681. The standard InChI is InChI=1S/C25H33FN4O4/c26-24-19(18-31)6-5-7-22(24)20-16-27-25(28-17-20)30-11-9-21(10-12-30)29-34-15-4-3-14-33-23-8-1-2-13-32-23/h3-7,16-17,21,23,29,31H,1-2,8-15,18H2/b4-3+. The van der Waals surface area contributed by atoms with Crippen molar-refractivity contribution >= 4 is 5.95 Å². The van der Waals surface area contributed by atoms with Crippen LogP contribution < -0.4 is 10.4 Å². The summed E-state index contributed by atoms with van der Waals surface area (Å²) < 4.78 is 25.6. The molecule has 0 radical (unpaired) electrons. The van der Waals surface area contributed by atoms with Crippen LogP contribution >= 0.6 is 0 Å². The van der Waals surface area contributed by atoms with Crippen molar-refractivity contribution < 1.29 is 23.8 Å². The van der Waals surface area contributed by atoms with E-state index >= 15 is 0 Å². The minimum atomic E-state index is -0.436. The van der Waals surface area contributed by atoms with E-state index in [0.717, 1.165) is 51.8 Å². The molecule has 1 unspecified atom stereocenters. The fourth-order valence-corrected chi connectivity index (χ4v) is 4.10. The van der Waals surface area contributed by atoms with Crippen LogP contribution in [0.2, 0.25) is 0 Å². The van der Waals surface area contributed by atoms with Gasteiger partial charge in [-0.05, 0) is 32.1 Å². The number of piperidine rings is 1. The third-order valence-corrected chi connectivity index (χ3v) is 6.09. The average molecular weight is 473 g/mol. The number of ether oxygens (including phenoxy) is 2. The summed E-state index contributed by atoms with van der Waals surface area (Å²) in [6.07, 6.45) is 12.2. The number of hydrogen-bond acceptors (Lipinski definition) is 8. The van der Waals surface area contributed by atoms with Gasteiger partial charge < -0.3 is 19.5 Å². The number of benzene rings is 1. The molecule has 1 aromatic heterocycles. The predicted molar refractivity (Wildman–Crippen MR) is 126 cm³/mol. The zero-order chi connectivity index (χ0) is 23.6. The van der Waals surface area contributed by atoms with Crippen LogP contribution in [0.25, 0.3) is 11.1 Å². The number of aliphatic hydroxyl groups is 1. The van der Waals surface area contributed by atoms with Crippen molar-refractivity contribution in [1.82, 2.24) is 15.4 Å². The summed E-state index contributed by atoms with van der Waals surface area (Å²) in [6.45, 7) is 3.07. The van der Waals surface area contributed by atoms with E-state index in [2.05, 4.69) is 20.3 Å². The van der Waals surface area contributed by atoms with Crippen LogP contribution in [-0.4, -0.2) is 60.3 Å². The summed E-state index contributed by atoms with van der Waals surface area (Å²) in [5.74, 6) is 0.195. The zero-order valence-electron chi connectivity index (χ0n) is 19.4. The van der Waals surface area contributed by atoms with Gasteiger partial charge in [0.25, 0.3) is 0 Å². The van der Waals surface area contributed by atoms with Crippen LogP contribution in [0.15, 0.2) is 42.7 Å². The lowest BCUT2D eigenvalue weighted by Gasteiger charge is -2.32. The number of nitrogens with one attached hydrogen (secondary N) is 1. The molecule has 2 aliphatic heterocycles. The third-order valence-electron chi connectivity index (χ3n) is 6.09. The smallest absolute Gasteiger partial charge is 0.225 e. The summed E-state index contributed by atoms with van der Waals surface area (Å²) in [7, 11) is 0. The maximum absolute atomic E-state index is 14.5. The van der Waals surface area contributed by atoms with Gasteiger partial charge in [-0.3, -0.25) is 4.84 Å². The van der Waals surface area contributed by atoms with Gasteiger partial charge in [0.2, 0.25) is 5.95 Å². The largest absolute Gasteiger partial charge is 0.392 e. The second-order valence-electron chi connectivity index (χ2n) is 8.50. The SMILES string of the molecule is OCc1cccc(-c2cnc(N3CCC(NOC/C=C/COC4CCCCO4)CC3)nc2)c1F. The number of aliphatic hydroxyl groups excluding tert-OH is 1. The summed E-state index contributed by atoms with van der Waals surface area (Å²) in [5, 5.41) is 9.27. The Morgan fingerprint density at radius 3 is 2.65 bits per heavy atom. The quantitative estimate of drug-likeness (QED) is 0.309. The van der Waals surface area contributed by atoms with Crippen LogP contribution in [0.4, 0.5) is 10.3 Å². The molecule has 2 N–H and O–H groups in total. The van der Waals surface area contributed by atoms with Crippen molar-refractivity contribution in [1.29, 1.82) is 0 Å². The highest BCUT2D eigenvalue weighted by Gasteiger charge is 2.21. The molecule has 0 aliphatic carbocycles. The van der Waals surface area contributed by atoms with Crippen molar-refractivity contribution in [2.45, 2.75) is 51.0 Å². The molecule has 2 fully saturated rings. The molecule has 1 atom stereocenters. The Balaban J connectivity index is 1.15. The summed E-state index contributed by atoms with van der Waals surface area (Å²) >= 11 is 0. The molecule has 8 nitrogen and oxygen atoms in total. The first-order valence-corrected chi connectivity index (χ1v) is 12.0. The molecule has 4 rings (SSSR count). The van der Waals surface area contributed by atoms with E-state index in [0.29, 0.717) is 30.3 Å². The second-order valence-corrected chi connectivity index (χ2v) is 8.50. The van der Waals surface area contributed by atoms with Gasteiger partial charge in [-0.2, -0.15) is 5.48 Å². The third kappa shape index (κ3) is 6.80. The fourth-order valence-electron chi connectivity index (χ4n) is 4.10. The molecule has 2 aromatic rings. The van der Waals surface area contributed by atoms with E-state index in [1.165, 1.54) is 0 Å². The topological polar surface area (TPSA) is 89.0 Å². The number of rotatable bonds is 10. The molecule has 0 amide bonds. The van der Waals surface area contributed by atoms with Crippen molar-refractivity contribution in [2.24, 2.45) is 0 Å². The monoisotopic (exact) mass is 472 g/mol. The number of aromatic nitrogens is 2. The molecule has 1 aromatic carbocycles. The Morgan fingerprint density at radius 1 is 1.12 bits per heavy atom. The molecule has 2 saturated heterocycles. The molecular weight excluding hydrogens is 439 g/mol. The highest BCUT2D eigenvalue weighted by molar-refractivity contribution is 5.64. The Kier molecular flexibility index (Phi) is 9.35. The van der Waals surface area contributed by atoms with Gasteiger partial charge >= 0.3 is 0 Å². The maximum atomic E-state index is 14.5. The number of nitrogens with zero attached hydrogens (tertiary/aromatic N) is 3. The van der Waals surface area contributed by atoms with Crippen molar-refractivity contribution in [2.75, 3.05) is 37.8 Å². The summed E-state index contributed by atoms with van der Waals surface area (Å²) in [4.78, 5) is 16.6. The van der Waals surface area contributed by atoms with Crippen LogP contribution in [0.3, 0.4) is 0 Å². The average Bonchev–Trinajstić information content (AvgIpc) is 2.89. The lowest BCUT2D eigenvalue weighted by Crippen LogP contribution is -2.43. The predicted octanol–water partition coefficient (Wildman–Crippen LogP) is 3.36. The molecule has 0 spiro atoms. The van der Waals surface area contributed by atoms with Gasteiger partial charge in [-0.25, -0.2) is 14.4 Å². The van der Waals surface area contributed by atoms with E-state index in [1.807, 2.05) is 12.2 Å². The molecule has 0 saturated carbocycles. The lowest BCUT2D eigenvalue weighted by atomic mass is 10.0. The number of anilines is 1. The Hall–Kier alpha value is -2.43. The van der Waals surface area contributed by atoms with E-state index in [4.69, 9.17) is 14.3 Å². The van der Waals surface area contributed by atoms with Crippen LogP contribution in [0, 0.1) is 5.82 Å². The van der Waals surface area contributed by atoms with Gasteiger partial charge in [-0.15, -0.1) is 0 Å². The molecule has 34 heavy (non-hydrogen) atoms. The van der Waals surface area contributed by atoms with Gasteiger partial charge in [0, 0.05) is 54.8 Å². The summed E-state index contributed by atoms with van der Waals surface area (Å²) in [6, 6.07) is 5.21. The highest BCUT2D eigenvalue weighted by atomic mass is 19.1. The van der Waals surface area contributed by atoms with Gasteiger partial charge in [0.1, 0.15) is 5.82 Å². The normalized spacial score (nSPS) is 19.7. The van der Waals surface area contributed by atoms with Crippen molar-refractivity contribution in [3.63, 3.8) is 0 Å². The van der Waals surface area contributed by atoms with E-state index < -0.39 is 5.82 Å². The molecule has 184 valence electrons. The first-order chi connectivity index (χ1) is 16.7. The van der Waals surface area contributed by atoms with Crippen molar-refractivity contribution in [3.05, 3.63) is 54.1 Å². The molecular formula is C25H33FN4O4. The van der Waals surface area contributed by atoms with E-state index in [-0.39, 0.29) is 24.5 Å². The van der Waals surface area contributed by atoms with Crippen LogP contribution in [0.1, 0.15) is 37.7 Å². The van der Waals surface area contributed by atoms with Crippen molar-refractivity contribution in [3.8, 4) is 11.1 Å². The summed E-state index contributed by atoms with van der Waals surface area (Å²) in [5.41, 5.74) is 4.37. The Bertz CT molecular complexity index is 914. The van der Waals surface area contributed by atoms with E-state index in [9.17, 15) is 9.50 Å². The molecule has 2 aliphatic rings. The van der Waals surface area contributed by atoms with Gasteiger partial charge in [0.05, 0.1) is 19.8 Å². The van der Waals surface area contributed by atoms with Crippen LogP contribution in [0.5, 0.6) is 0 Å². The fraction of sp³-hybridized carbons (Fsp3) is 0.520. The lowest BCUT2D eigenvalue weighted by molar-refractivity contribution is -0.155. The van der Waals surface area contributed by atoms with E-state index in [1.54, 1.807) is 30.6 Å². The molecule has 3 heterocycles. The van der Waals surface area contributed by atoms with Gasteiger partial charge in [-0.1, -0.05) is 30.4 Å². The Labute approximate surface area is 199 Å². The van der Waals surface area contributed by atoms with Gasteiger partial charge in [0.15, 0.2) is 6.29 Å². The highest BCUT2D eigenvalue weighted by Crippen LogP contribution is 2.25. The first kappa shape index (κ1) is 24.7.